The number of carbonyl (C=O) groups excluding carboxylic acids is 2. The fraction of sp³-hybridized carbons (Fsp3) is 0.368. The van der Waals surface area contributed by atoms with Crippen LogP contribution >= 0.6 is 23.2 Å². The predicted molar refractivity (Wildman–Crippen MR) is 106 cm³/mol. The van der Waals surface area contributed by atoms with E-state index in [2.05, 4.69) is 19.2 Å². The number of hydrogen-bond donors (Lipinski definition) is 0. The molecule has 2 rings (SSSR count). The second kappa shape index (κ2) is 15.0. The van der Waals surface area contributed by atoms with E-state index in [0.29, 0.717) is 30.9 Å². The van der Waals surface area contributed by atoms with E-state index in [1.54, 1.807) is 4.90 Å². The second-order valence-corrected chi connectivity index (χ2v) is 5.93. The van der Waals surface area contributed by atoms with Gasteiger partial charge in [-0.2, -0.15) is 12.5 Å². The molecule has 0 saturated carbocycles. The standard InChI is InChI=1S/C10H14ClN2O2.C8H9Cl.CH3.K/c1-7(8(2)14)9-6-13(4-3-12-9)10(15)5-11;1-2-7-5-3-4-6-8(7)9;;/h1,3-6H2,2H3,(H,12,14);3-6H,2H2,1H3;1H3;/q-1;;-1;+1/p-1. The Balaban J connectivity index is 0. The van der Waals surface area contributed by atoms with Gasteiger partial charge in [0.25, 0.3) is 0 Å². The molecule has 26 heavy (non-hydrogen) atoms. The fourth-order valence-electron chi connectivity index (χ4n) is 2.09. The van der Waals surface area contributed by atoms with Gasteiger partial charge in [0, 0.05) is 17.4 Å². The Morgan fingerprint density at radius 3 is 2.38 bits per heavy atom. The maximum absolute atomic E-state index is 11.3. The van der Waals surface area contributed by atoms with E-state index in [4.69, 9.17) is 23.2 Å². The number of halogens is 2. The third-order valence-corrected chi connectivity index (χ3v) is 4.19. The largest absolute Gasteiger partial charge is 1.00 e. The number of ketones is 1. The maximum atomic E-state index is 11.3. The van der Waals surface area contributed by atoms with E-state index >= 15 is 0 Å². The van der Waals surface area contributed by atoms with E-state index in [1.165, 1.54) is 12.5 Å². The average molecular weight is 423 g/mol. The van der Waals surface area contributed by atoms with Crippen LogP contribution in [0.2, 0.25) is 5.02 Å². The van der Waals surface area contributed by atoms with Gasteiger partial charge >= 0.3 is 51.4 Å². The summed E-state index contributed by atoms with van der Waals surface area (Å²) >= 11 is 11.3. The van der Waals surface area contributed by atoms with Crippen LogP contribution in [0, 0.1) is 14.4 Å². The third kappa shape index (κ3) is 9.26. The summed E-state index contributed by atoms with van der Waals surface area (Å²) in [5, 5.41) is 5.05. The first kappa shape index (κ1) is 28.2. The quantitative estimate of drug-likeness (QED) is 0.320. The molecule has 0 spiro atoms. The van der Waals surface area contributed by atoms with Gasteiger partial charge in [-0.05, 0) is 31.5 Å². The fourth-order valence-corrected chi connectivity index (χ4v) is 2.53. The summed E-state index contributed by atoms with van der Waals surface area (Å²) in [7, 11) is 0. The van der Waals surface area contributed by atoms with Crippen molar-refractivity contribution in [2.24, 2.45) is 0 Å². The van der Waals surface area contributed by atoms with Crippen molar-refractivity contribution >= 4 is 34.9 Å². The first-order valence-corrected chi connectivity index (χ1v) is 8.62. The number of Topliss-reactive ketones (excluding diaryl/α,β-unsaturated/α-hetero) is 1. The minimum atomic E-state index is -0.139. The number of rotatable bonds is 3. The molecule has 0 aromatic heterocycles. The van der Waals surface area contributed by atoms with Crippen molar-refractivity contribution in [2.75, 3.05) is 25.5 Å². The number of hydrogen-bond acceptors (Lipinski definition) is 2. The van der Waals surface area contributed by atoms with Crippen LogP contribution in [0.4, 0.5) is 0 Å². The maximum Gasteiger partial charge on any atom is 1.00 e. The van der Waals surface area contributed by atoms with Gasteiger partial charge in [0.15, 0.2) is 0 Å². The SMILES string of the molecule is CCc1ccccc1Cl.[CH2-]/C(C(C)=O)=C1/CN(C(=O)CCl)CC[N-]1.[CH3-].[K+]. The molecule has 0 radical (unpaired) electrons. The molecule has 1 amide bonds. The molecule has 1 aliphatic heterocycles. The van der Waals surface area contributed by atoms with Gasteiger partial charge in [-0.3, -0.25) is 10.5 Å². The minimum Gasteiger partial charge on any atom is -0.743 e. The molecule has 4 nitrogen and oxygen atoms in total. The number of alkyl halides is 1. The number of amides is 1. The van der Waals surface area contributed by atoms with Crippen LogP contribution < -0.4 is 51.4 Å². The molecule has 140 valence electrons. The number of allylic oxidation sites excluding steroid dienone is 1. The Morgan fingerprint density at radius 2 is 1.92 bits per heavy atom. The summed E-state index contributed by atoms with van der Waals surface area (Å²) in [5.41, 5.74) is 2.19. The normalized spacial score (nSPS) is 14.5. The Hall–Kier alpha value is -0.0136. The minimum absolute atomic E-state index is 0. The Kier molecular flexibility index (Phi) is 16.2. The summed E-state index contributed by atoms with van der Waals surface area (Å²) in [6.07, 6.45) is 1.01. The van der Waals surface area contributed by atoms with Crippen molar-refractivity contribution in [1.29, 1.82) is 0 Å². The van der Waals surface area contributed by atoms with Crippen LogP contribution in [0.5, 0.6) is 0 Å². The molecular formula is C19H25Cl2KN2O2-2. The van der Waals surface area contributed by atoms with Crippen molar-refractivity contribution in [3.63, 3.8) is 0 Å². The Bertz CT molecular complexity index is 621. The molecule has 0 aliphatic carbocycles. The number of carbonyl (C=O) groups is 2. The molecule has 0 unspecified atom stereocenters. The van der Waals surface area contributed by atoms with Crippen molar-refractivity contribution in [3.05, 3.63) is 65.8 Å². The molecule has 0 atom stereocenters. The molecular weight excluding hydrogens is 398 g/mol. The third-order valence-electron chi connectivity index (χ3n) is 3.59. The molecule has 1 aromatic rings. The van der Waals surface area contributed by atoms with Gasteiger partial charge in [0.1, 0.15) is 5.88 Å². The van der Waals surface area contributed by atoms with E-state index in [-0.39, 0.29) is 76.4 Å². The molecule has 1 aromatic carbocycles. The van der Waals surface area contributed by atoms with Crippen LogP contribution in [0.15, 0.2) is 35.5 Å². The Labute approximate surface area is 210 Å². The van der Waals surface area contributed by atoms with Gasteiger partial charge < -0.3 is 22.4 Å². The summed E-state index contributed by atoms with van der Waals surface area (Å²) in [5.74, 6) is -0.297. The van der Waals surface area contributed by atoms with E-state index < -0.39 is 0 Å². The molecule has 1 saturated heterocycles. The van der Waals surface area contributed by atoms with Gasteiger partial charge in [0.05, 0.1) is 0 Å². The molecule has 1 heterocycles. The van der Waals surface area contributed by atoms with Crippen LogP contribution in [0.1, 0.15) is 19.4 Å². The van der Waals surface area contributed by atoms with Gasteiger partial charge in [-0.15, -0.1) is 18.1 Å². The predicted octanol–water partition coefficient (Wildman–Crippen LogP) is 1.47. The molecule has 1 aliphatic rings. The first-order valence-electron chi connectivity index (χ1n) is 7.71. The van der Waals surface area contributed by atoms with Gasteiger partial charge in [0.2, 0.25) is 5.91 Å². The van der Waals surface area contributed by atoms with Crippen molar-refractivity contribution in [1.82, 2.24) is 4.90 Å². The van der Waals surface area contributed by atoms with Crippen LogP contribution in [-0.4, -0.2) is 42.1 Å². The van der Waals surface area contributed by atoms with Crippen molar-refractivity contribution in [2.45, 2.75) is 20.3 Å². The van der Waals surface area contributed by atoms with Crippen molar-refractivity contribution < 1.29 is 61.0 Å². The van der Waals surface area contributed by atoms with Gasteiger partial charge in [-0.25, -0.2) is 0 Å². The topological polar surface area (TPSA) is 51.5 Å². The van der Waals surface area contributed by atoms with E-state index in [1.807, 2.05) is 24.3 Å². The Morgan fingerprint density at radius 1 is 1.31 bits per heavy atom. The van der Waals surface area contributed by atoms with Crippen molar-refractivity contribution in [3.8, 4) is 0 Å². The zero-order chi connectivity index (χ0) is 18.1. The van der Waals surface area contributed by atoms with E-state index in [0.717, 1.165) is 11.4 Å². The summed E-state index contributed by atoms with van der Waals surface area (Å²) in [4.78, 5) is 24.0. The molecule has 0 bridgehead atoms. The smallest absolute Gasteiger partial charge is 0.743 e. The number of nitrogens with zero attached hydrogens (tertiary/aromatic N) is 2. The zero-order valence-corrected chi connectivity index (χ0v) is 20.7. The summed E-state index contributed by atoms with van der Waals surface area (Å²) in [6, 6.07) is 7.91. The summed E-state index contributed by atoms with van der Waals surface area (Å²) < 4.78 is 0. The van der Waals surface area contributed by atoms with Crippen LogP contribution in [0.25, 0.3) is 5.32 Å². The molecule has 1 fully saturated rings. The number of aryl methyl sites for hydroxylation is 1. The zero-order valence-electron chi connectivity index (χ0n) is 16.0. The van der Waals surface area contributed by atoms with Crippen LogP contribution in [-0.2, 0) is 16.0 Å². The monoisotopic (exact) mass is 422 g/mol. The average Bonchev–Trinajstić information content (AvgIpc) is 2.61. The second-order valence-electron chi connectivity index (χ2n) is 5.26. The summed E-state index contributed by atoms with van der Waals surface area (Å²) in [6.45, 7) is 8.58. The number of benzene rings is 1. The van der Waals surface area contributed by atoms with Crippen LogP contribution in [0.3, 0.4) is 0 Å². The number of piperazine rings is 1. The first-order chi connectivity index (χ1) is 11.4. The van der Waals surface area contributed by atoms with E-state index in [9.17, 15) is 9.59 Å². The molecule has 0 N–H and O–H groups in total. The molecule has 7 heteroatoms. The van der Waals surface area contributed by atoms with Gasteiger partial charge in [-0.1, -0.05) is 36.7 Å².